The lowest BCUT2D eigenvalue weighted by molar-refractivity contribution is 0.0937. The Kier molecular flexibility index (Phi) is 5.96. The van der Waals surface area contributed by atoms with Gasteiger partial charge in [0.1, 0.15) is 17.0 Å². The molecule has 1 aliphatic carbocycles. The highest BCUT2D eigenvalue weighted by molar-refractivity contribution is 5.96. The van der Waals surface area contributed by atoms with Crippen molar-refractivity contribution in [2.45, 2.75) is 65.5 Å². The van der Waals surface area contributed by atoms with Crippen LogP contribution in [0.3, 0.4) is 0 Å². The summed E-state index contributed by atoms with van der Waals surface area (Å²) in [6.45, 7) is 13.9. The fourth-order valence-corrected chi connectivity index (χ4v) is 3.44. The number of rotatable bonds is 7. The topological polar surface area (TPSA) is 66.6 Å². The van der Waals surface area contributed by atoms with Gasteiger partial charge in [0.25, 0.3) is 5.91 Å². The minimum atomic E-state index is -0.165. The smallest absolute Gasteiger partial charge is 0.255 e. The Bertz CT molecular complexity index is 1030. The minimum absolute atomic E-state index is 0.0198. The van der Waals surface area contributed by atoms with Crippen molar-refractivity contribution in [3.8, 4) is 0 Å². The molecule has 0 aliphatic heterocycles. The zero-order valence-electron chi connectivity index (χ0n) is 18.1. The number of aryl methyl sites for hydroxylation is 2. The SMILES string of the molecule is C=c1oc(C)c(C(=O)NC(C)Cc2ccc(C)cc2)/c1=C(/N=C\C)NC1(C)CC1. The molecule has 1 saturated carbocycles. The minimum Gasteiger partial charge on any atom is -0.461 e. The third kappa shape index (κ3) is 4.97. The van der Waals surface area contributed by atoms with Gasteiger partial charge in [-0.2, -0.15) is 0 Å². The van der Waals surface area contributed by atoms with Gasteiger partial charge in [0.2, 0.25) is 0 Å². The highest BCUT2D eigenvalue weighted by Crippen LogP contribution is 2.35. The first kappa shape index (κ1) is 20.9. The number of hydrogen-bond acceptors (Lipinski definition) is 4. The highest BCUT2D eigenvalue weighted by Gasteiger charge is 2.38. The molecule has 3 rings (SSSR count). The van der Waals surface area contributed by atoms with Gasteiger partial charge in [-0.15, -0.1) is 0 Å². The molecule has 5 nitrogen and oxygen atoms in total. The van der Waals surface area contributed by atoms with E-state index < -0.39 is 0 Å². The van der Waals surface area contributed by atoms with E-state index in [1.807, 2.05) is 13.8 Å². The maximum absolute atomic E-state index is 13.2. The molecule has 0 radical (unpaired) electrons. The first-order valence-electron chi connectivity index (χ1n) is 10.2. The second kappa shape index (κ2) is 8.27. The molecule has 0 saturated heterocycles. The summed E-state index contributed by atoms with van der Waals surface area (Å²) < 4.78 is 5.74. The number of nitrogens with zero attached hydrogens (tertiary/aromatic N) is 1. The number of carbonyl (C=O) groups is 1. The molecule has 0 spiro atoms. The third-order valence-corrected chi connectivity index (χ3v) is 5.34. The second-order valence-electron chi connectivity index (χ2n) is 8.32. The Balaban J connectivity index is 1.89. The van der Waals surface area contributed by atoms with Crippen LogP contribution in [0, 0.1) is 13.8 Å². The van der Waals surface area contributed by atoms with Crippen molar-refractivity contribution in [3.63, 3.8) is 0 Å². The summed E-state index contributed by atoms with van der Waals surface area (Å²) in [6, 6.07) is 8.36. The normalized spacial score (nSPS) is 17.1. The summed E-state index contributed by atoms with van der Waals surface area (Å²) in [5, 5.41) is 7.23. The van der Waals surface area contributed by atoms with Crippen molar-refractivity contribution in [3.05, 3.63) is 57.4 Å². The van der Waals surface area contributed by atoms with Gasteiger partial charge >= 0.3 is 0 Å². The molecule has 0 bridgehead atoms. The van der Waals surface area contributed by atoms with Crippen LogP contribution in [0.4, 0.5) is 0 Å². The van der Waals surface area contributed by atoms with Crippen LogP contribution in [0.1, 0.15) is 60.9 Å². The Morgan fingerprint density at radius 3 is 2.55 bits per heavy atom. The molecule has 1 heterocycles. The summed E-state index contributed by atoms with van der Waals surface area (Å²) >= 11 is 0. The van der Waals surface area contributed by atoms with Crippen LogP contribution in [0.15, 0.2) is 33.7 Å². The number of aliphatic imine (C=N–C) groups is 1. The molecular formula is C24H31N3O2. The average molecular weight is 394 g/mol. The van der Waals surface area contributed by atoms with Crippen LogP contribution >= 0.6 is 0 Å². The summed E-state index contributed by atoms with van der Waals surface area (Å²) in [5.74, 6) is 1.03. The Labute approximate surface area is 172 Å². The molecule has 154 valence electrons. The zero-order valence-corrected chi connectivity index (χ0v) is 18.1. The van der Waals surface area contributed by atoms with Crippen LogP contribution in [0.2, 0.25) is 0 Å². The predicted octanol–water partition coefficient (Wildman–Crippen LogP) is 2.97. The number of hydrogen-bond donors (Lipinski definition) is 2. The van der Waals surface area contributed by atoms with Gasteiger partial charge in [-0.25, -0.2) is 4.99 Å². The lowest BCUT2D eigenvalue weighted by Gasteiger charge is -2.15. The average Bonchev–Trinajstić information content (AvgIpc) is 3.29. The van der Waals surface area contributed by atoms with Gasteiger partial charge in [0.05, 0.1) is 10.8 Å². The van der Waals surface area contributed by atoms with Crippen molar-refractivity contribution in [2.75, 3.05) is 0 Å². The number of amides is 1. The summed E-state index contributed by atoms with van der Waals surface area (Å²) in [7, 11) is 0. The molecule has 2 N–H and O–H groups in total. The van der Waals surface area contributed by atoms with Crippen molar-refractivity contribution < 1.29 is 9.21 Å². The molecular weight excluding hydrogens is 362 g/mol. The predicted molar refractivity (Wildman–Crippen MR) is 118 cm³/mol. The quantitative estimate of drug-likeness (QED) is 0.711. The van der Waals surface area contributed by atoms with Gasteiger partial charge in [0, 0.05) is 17.8 Å². The fraction of sp³-hybridized carbons (Fsp3) is 0.417. The van der Waals surface area contributed by atoms with Crippen molar-refractivity contribution >= 4 is 24.5 Å². The Hall–Kier alpha value is -2.82. The second-order valence-corrected chi connectivity index (χ2v) is 8.32. The molecule has 1 aliphatic rings. The molecule has 5 heteroatoms. The monoisotopic (exact) mass is 393 g/mol. The molecule has 1 atom stereocenters. The van der Waals surface area contributed by atoms with Gasteiger partial charge in [0.15, 0.2) is 0 Å². The van der Waals surface area contributed by atoms with E-state index in [9.17, 15) is 4.79 Å². The van der Waals surface area contributed by atoms with Crippen LogP contribution in [0.5, 0.6) is 0 Å². The van der Waals surface area contributed by atoms with Gasteiger partial charge < -0.3 is 15.1 Å². The largest absolute Gasteiger partial charge is 0.461 e. The van der Waals surface area contributed by atoms with Gasteiger partial charge in [-0.05, 0) is 59.4 Å². The first-order chi connectivity index (χ1) is 13.7. The number of furan rings is 1. The molecule has 2 aromatic rings. The molecule has 1 aromatic heterocycles. The van der Waals surface area contributed by atoms with Gasteiger partial charge in [-0.1, -0.05) is 36.4 Å². The maximum atomic E-state index is 13.2. The lowest BCUT2D eigenvalue weighted by Crippen LogP contribution is -2.41. The molecule has 29 heavy (non-hydrogen) atoms. The van der Waals surface area contributed by atoms with Crippen LogP contribution in [-0.4, -0.2) is 23.7 Å². The Morgan fingerprint density at radius 2 is 1.97 bits per heavy atom. The summed E-state index contributed by atoms with van der Waals surface area (Å²) in [4.78, 5) is 17.6. The number of nitrogens with one attached hydrogen (secondary N) is 2. The maximum Gasteiger partial charge on any atom is 0.255 e. The molecule has 1 fully saturated rings. The first-order valence-corrected chi connectivity index (χ1v) is 10.2. The fourth-order valence-electron chi connectivity index (χ4n) is 3.44. The van der Waals surface area contributed by atoms with Crippen molar-refractivity contribution in [2.24, 2.45) is 4.99 Å². The standard InChI is InChI=1S/C24H31N3O2/c1-7-25-22(27-24(6)12-13-24)20-17(4)29-18(5)21(20)23(28)26-16(3)14-19-10-8-15(2)9-11-19/h7-11,16,27H,4,12-14H2,1-3,5-6H3,(H,26,28)/b22-20-,25-7-. The van der Waals surface area contributed by atoms with E-state index in [0.717, 1.165) is 19.3 Å². The van der Waals surface area contributed by atoms with Crippen molar-refractivity contribution in [1.82, 2.24) is 10.6 Å². The highest BCUT2D eigenvalue weighted by atomic mass is 16.3. The van der Waals surface area contributed by atoms with Crippen LogP contribution < -0.4 is 21.3 Å². The number of benzene rings is 1. The van der Waals surface area contributed by atoms with E-state index in [0.29, 0.717) is 27.8 Å². The van der Waals surface area contributed by atoms with E-state index in [2.05, 4.69) is 60.3 Å². The molecule has 1 unspecified atom stereocenters. The van der Waals surface area contributed by atoms with E-state index in [1.54, 1.807) is 13.1 Å². The van der Waals surface area contributed by atoms with Crippen LogP contribution in [0.25, 0.3) is 12.4 Å². The van der Waals surface area contributed by atoms with E-state index in [-0.39, 0.29) is 17.5 Å². The van der Waals surface area contributed by atoms with Gasteiger partial charge in [-0.3, -0.25) is 4.79 Å². The third-order valence-electron chi connectivity index (χ3n) is 5.34. The summed E-state index contributed by atoms with van der Waals surface area (Å²) in [5.41, 5.74) is 3.39. The van der Waals surface area contributed by atoms with Crippen LogP contribution in [-0.2, 0) is 6.42 Å². The van der Waals surface area contributed by atoms with E-state index in [1.165, 1.54) is 11.1 Å². The molecule has 1 amide bonds. The zero-order chi connectivity index (χ0) is 21.2. The summed E-state index contributed by atoms with van der Waals surface area (Å²) in [6.07, 6.45) is 4.63. The lowest BCUT2D eigenvalue weighted by atomic mass is 10.0. The van der Waals surface area contributed by atoms with E-state index >= 15 is 0 Å². The van der Waals surface area contributed by atoms with E-state index in [4.69, 9.17) is 4.42 Å². The van der Waals surface area contributed by atoms with Crippen molar-refractivity contribution in [1.29, 1.82) is 0 Å². The Morgan fingerprint density at radius 1 is 1.31 bits per heavy atom. The molecule has 1 aromatic carbocycles. The number of carbonyl (C=O) groups excluding carboxylic acids is 1.